The van der Waals surface area contributed by atoms with E-state index in [0.717, 1.165) is 12.8 Å². The third-order valence-electron chi connectivity index (χ3n) is 3.00. The molecule has 0 radical (unpaired) electrons. The highest BCUT2D eigenvalue weighted by Gasteiger charge is 2.31. The first-order valence-corrected chi connectivity index (χ1v) is 7.18. The van der Waals surface area contributed by atoms with Crippen molar-refractivity contribution in [1.82, 2.24) is 4.31 Å². The maximum absolute atomic E-state index is 11.9. The second kappa shape index (κ2) is 5.27. The number of hydrogen-bond acceptors (Lipinski definition) is 3. The summed E-state index contributed by atoms with van der Waals surface area (Å²) in [6.45, 7) is 4.70. The van der Waals surface area contributed by atoms with E-state index >= 15 is 0 Å². The highest BCUT2D eigenvalue weighted by Crippen LogP contribution is 2.24. The van der Waals surface area contributed by atoms with Gasteiger partial charge in [0, 0.05) is 19.2 Å². The SMILES string of the molecule is CC1CCN(S(=O)(=O)CCCO)C(C)C1. The average molecular weight is 235 g/mol. The Bertz CT molecular complexity index is 289. The van der Waals surface area contributed by atoms with Gasteiger partial charge in [0.05, 0.1) is 5.75 Å². The number of piperidine rings is 1. The lowest BCUT2D eigenvalue weighted by Gasteiger charge is -2.35. The summed E-state index contributed by atoms with van der Waals surface area (Å²) in [6.07, 6.45) is 2.22. The normalized spacial score (nSPS) is 29.3. The summed E-state index contributed by atoms with van der Waals surface area (Å²) in [5.41, 5.74) is 0. The molecule has 0 saturated carbocycles. The molecule has 15 heavy (non-hydrogen) atoms. The van der Waals surface area contributed by atoms with Crippen molar-refractivity contribution in [3.8, 4) is 0 Å². The van der Waals surface area contributed by atoms with Gasteiger partial charge >= 0.3 is 0 Å². The molecule has 0 aromatic carbocycles. The van der Waals surface area contributed by atoms with Crippen LogP contribution in [0.3, 0.4) is 0 Å². The molecule has 1 heterocycles. The topological polar surface area (TPSA) is 57.6 Å². The van der Waals surface area contributed by atoms with Crippen molar-refractivity contribution in [1.29, 1.82) is 0 Å². The third-order valence-corrected chi connectivity index (χ3v) is 5.06. The highest BCUT2D eigenvalue weighted by atomic mass is 32.2. The molecule has 1 saturated heterocycles. The maximum atomic E-state index is 11.9. The van der Waals surface area contributed by atoms with E-state index in [2.05, 4.69) is 6.92 Å². The number of rotatable bonds is 4. The Balaban J connectivity index is 2.62. The Morgan fingerprint density at radius 3 is 2.60 bits per heavy atom. The van der Waals surface area contributed by atoms with Crippen LogP contribution in [0.4, 0.5) is 0 Å². The maximum Gasteiger partial charge on any atom is 0.214 e. The largest absolute Gasteiger partial charge is 0.396 e. The first kappa shape index (κ1) is 12.9. The zero-order valence-electron chi connectivity index (χ0n) is 9.52. The number of aliphatic hydroxyl groups excluding tert-OH is 1. The minimum absolute atomic E-state index is 0.0577. The predicted octanol–water partition coefficient (Wildman–Crippen LogP) is 0.819. The van der Waals surface area contributed by atoms with Crippen molar-refractivity contribution in [2.75, 3.05) is 18.9 Å². The van der Waals surface area contributed by atoms with Crippen LogP contribution in [0.5, 0.6) is 0 Å². The van der Waals surface area contributed by atoms with E-state index in [1.807, 2.05) is 6.92 Å². The van der Waals surface area contributed by atoms with E-state index < -0.39 is 10.0 Å². The molecule has 5 heteroatoms. The molecule has 1 rings (SSSR count). The van der Waals surface area contributed by atoms with Gasteiger partial charge in [0.2, 0.25) is 10.0 Å². The first-order chi connectivity index (χ1) is 6.97. The summed E-state index contributed by atoms with van der Waals surface area (Å²) in [7, 11) is -3.14. The van der Waals surface area contributed by atoms with Crippen LogP contribution in [0.1, 0.15) is 33.1 Å². The lowest BCUT2D eigenvalue weighted by molar-refractivity contribution is 0.219. The van der Waals surface area contributed by atoms with Gasteiger partial charge < -0.3 is 5.11 Å². The van der Waals surface area contributed by atoms with Crippen molar-refractivity contribution in [3.05, 3.63) is 0 Å². The quantitative estimate of drug-likeness (QED) is 0.785. The standard InChI is InChI=1S/C10H21NO3S/c1-9-4-5-11(10(2)8-9)15(13,14)7-3-6-12/h9-10,12H,3-8H2,1-2H3. The van der Waals surface area contributed by atoms with Crippen molar-refractivity contribution in [3.63, 3.8) is 0 Å². The molecule has 1 N–H and O–H groups in total. The Hall–Kier alpha value is -0.130. The zero-order chi connectivity index (χ0) is 11.5. The minimum Gasteiger partial charge on any atom is -0.396 e. The smallest absolute Gasteiger partial charge is 0.214 e. The molecule has 1 aliphatic heterocycles. The van der Waals surface area contributed by atoms with Gasteiger partial charge in [-0.1, -0.05) is 6.92 Å². The van der Waals surface area contributed by atoms with E-state index in [4.69, 9.17) is 5.11 Å². The van der Waals surface area contributed by atoms with Crippen molar-refractivity contribution in [2.45, 2.75) is 39.2 Å². The number of hydrogen-bond donors (Lipinski definition) is 1. The van der Waals surface area contributed by atoms with E-state index in [1.54, 1.807) is 4.31 Å². The first-order valence-electron chi connectivity index (χ1n) is 5.57. The molecule has 0 bridgehead atoms. The number of sulfonamides is 1. The molecule has 0 amide bonds. The van der Waals surface area contributed by atoms with Crippen LogP contribution in [0.2, 0.25) is 0 Å². The summed E-state index contributed by atoms with van der Waals surface area (Å²) < 4.78 is 25.4. The van der Waals surface area contributed by atoms with Gasteiger partial charge in [-0.15, -0.1) is 0 Å². The van der Waals surface area contributed by atoms with Crippen LogP contribution in [-0.4, -0.2) is 42.8 Å². The lowest BCUT2D eigenvalue weighted by Crippen LogP contribution is -2.45. The Labute approximate surface area is 92.3 Å². The molecule has 2 atom stereocenters. The third kappa shape index (κ3) is 3.43. The molecule has 0 aromatic rings. The molecule has 0 spiro atoms. The van der Waals surface area contributed by atoms with Crippen LogP contribution < -0.4 is 0 Å². The molecule has 0 aliphatic carbocycles. The monoisotopic (exact) mass is 235 g/mol. The summed E-state index contributed by atoms with van der Waals surface area (Å²) in [5.74, 6) is 0.687. The fourth-order valence-electron chi connectivity index (χ4n) is 2.16. The van der Waals surface area contributed by atoms with Crippen LogP contribution >= 0.6 is 0 Å². The zero-order valence-corrected chi connectivity index (χ0v) is 10.3. The second-order valence-corrected chi connectivity index (χ2v) is 6.52. The van der Waals surface area contributed by atoms with Gasteiger partial charge in [0.1, 0.15) is 0 Å². The van der Waals surface area contributed by atoms with Crippen molar-refractivity contribution in [2.24, 2.45) is 5.92 Å². The minimum atomic E-state index is -3.14. The van der Waals surface area contributed by atoms with Crippen molar-refractivity contribution >= 4 is 10.0 Å². The predicted molar refractivity (Wildman–Crippen MR) is 60.1 cm³/mol. The Morgan fingerprint density at radius 1 is 1.40 bits per heavy atom. The van der Waals surface area contributed by atoms with Crippen LogP contribution in [0.15, 0.2) is 0 Å². The molecular weight excluding hydrogens is 214 g/mol. The fourth-order valence-corrected chi connectivity index (χ4v) is 3.91. The van der Waals surface area contributed by atoms with E-state index in [0.29, 0.717) is 18.9 Å². The fraction of sp³-hybridized carbons (Fsp3) is 1.00. The van der Waals surface area contributed by atoms with Gasteiger partial charge in [-0.25, -0.2) is 8.42 Å². The van der Waals surface area contributed by atoms with Gasteiger partial charge in [-0.05, 0) is 32.1 Å². The molecule has 0 aromatic heterocycles. The summed E-state index contributed by atoms with van der Waals surface area (Å²) in [6, 6.07) is 0.109. The Morgan fingerprint density at radius 2 is 2.07 bits per heavy atom. The number of nitrogens with zero attached hydrogens (tertiary/aromatic N) is 1. The summed E-state index contributed by atoms with van der Waals surface area (Å²) >= 11 is 0. The molecule has 1 aliphatic rings. The van der Waals surface area contributed by atoms with E-state index in [9.17, 15) is 8.42 Å². The van der Waals surface area contributed by atoms with Crippen molar-refractivity contribution < 1.29 is 13.5 Å². The van der Waals surface area contributed by atoms with Gasteiger partial charge in [0.25, 0.3) is 0 Å². The Kier molecular flexibility index (Phi) is 4.55. The van der Waals surface area contributed by atoms with Crippen LogP contribution in [0.25, 0.3) is 0 Å². The lowest BCUT2D eigenvalue weighted by atomic mass is 9.95. The molecule has 90 valence electrons. The molecule has 1 fully saturated rings. The van der Waals surface area contributed by atoms with Gasteiger partial charge in [-0.2, -0.15) is 4.31 Å². The number of aliphatic hydroxyl groups is 1. The van der Waals surface area contributed by atoms with Gasteiger partial charge in [-0.3, -0.25) is 0 Å². The summed E-state index contributed by atoms with van der Waals surface area (Å²) in [5, 5.41) is 8.65. The van der Waals surface area contributed by atoms with Crippen LogP contribution in [-0.2, 0) is 10.0 Å². The van der Waals surface area contributed by atoms with Crippen LogP contribution in [0, 0.1) is 5.92 Å². The molecular formula is C10H21NO3S. The summed E-state index contributed by atoms with van der Waals surface area (Å²) in [4.78, 5) is 0. The average Bonchev–Trinajstić information content (AvgIpc) is 2.14. The van der Waals surface area contributed by atoms with E-state index in [1.165, 1.54) is 0 Å². The molecule has 4 nitrogen and oxygen atoms in total. The highest BCUT2D eigenvalue weighted by molar-refractivity contribution is 7.89. The van der Waals surface area contributed by atoms with Gasteiger partial charge in [0.15, 0.2) is 0 Å². The molecule has 2 unspecified atom stereocenters. The second-order valence-electron chi connectivity index (χ2n) is 4.48. The van der Waals surface area contributed by atoms with E-state index in [-0.39, 0.29) is 18.4 Å².